The lowest BCUT2D eigenvalue weighted by atomic mass is 9.79. The van der Waals surface area contributed by atoms with Crippen molar-refractivity contribution in [3.63, 3.8) is 0 Å². The normalized spacial score (nSPS) is 22.2. The first-order chi connectivity index (χ1) is 18.0. The number of hydrogen-bond donors (Lipinski definition) is 3. The minimum absolute atomic E-state index is 0.0319. The Hall–Kier alpha value is -3.14. The second kappa shape index (κ2) is 11.9. The van der Waals surface area contributed by atoms with Gasteiger partial charge < -0.3 is 30.5 Å². The molecule has 3 rings (SSSR count). The highest BCUT2D eigenvalue weighted by molar-refractivity contribution is 6.01. The van der Waals surface area contributed by atoms with Gasteiger partial charge in [-0.15, -0.1) is 0 Å². The van der Waals surface area contributed by atoms with E-state index in [4.69, 9.17) is 15.2 Å². The van der Waals surface area contributed by atoms with Crippen LogP contribution in [0, 0.1) is 5.92 Å². The van der Waals surface area contributed by atoms with Crippen molar-refractivity contribution in [1.29, 1.82) is 0 Å². The maximum Gasteiger partial charge on any atom is 0.407 e. The largest absolute Gasteiger partial charge is 0.460 e. The molecule has 2 aliphatic rings. The van der Waals surface area contributed by atoms with E-state index in [0.29, 0.717) is 24.8 Å². The topological polar surface area (TPSA) is 148 Å². The summed E-state index contributed by atoms with van der Waals surface area (Å²) < 4.78 is 10.7. The van der Waals surface area contributed by atoms with Crippen molar-refractivity contribution >= 4 is 23.9 Å². The average molecular weight is 546 g/mol. The van der Waals surface area contributed by atoms with Crippen LogP contribution in [0.1, 0.15) is 95.1 Å². The molecule has 1 aliphatic carbocycles. The number of nitrogens with zero attached hydrogens (tertiary/aromatic N) is 1. The number of aliphatic hydroxyl groups excluding tert-OH is 1. The maximum absolute atomic E-state index is 13.2. The molecule has 1 aromatic carbocycles. The monoisotopic (exact) mass is 545 g/mol. The van der Waals surface area contributed by atoms with Crippen LogP contribution in [-0.4, -0.2) is 63.3 Å². The molecular weight excluding hydrogens is 502 g/mol. The van der Waals surface area contributed by atoms with Gasteiger partial charge in [-0.2, -0.15) is 0 Å². The molecule has 216 valence electrons. The van der Waals surface area contributed by atoms with E-state index >= 15 is 0 Å². The van der Waals surface area contributed by atoms with E-state index in [-0.39, 0.29) is 37.3 Å². The average Bonchev–Trinajstić information content (AvgIpc) is 3.08. The molecule has 4 N–H and O–H groups in total. The second-order valence-corrected chi connectivity index (χ2v) is 12.7. The Morgan fingerprint density at radius 2 is 1.77 bits per heavy atom. The molecule has 3 amide bonds. The van der Waals surface area contributed by atoms with Gasteiger partial charge in [-0.25, -0.2) is 4.79 Å². The highest BCUT2D eigenvalue weighted by atomic mass is 16.6. The summed E-state index contributed by atoms with van der Waals surface area (Å²) in [6, 6.07) is 4.42. The predicted octanol–water partition coefficient (Wildman–Crippen LogP) is 3.22. The van der Waals surface area contributed by atoms with Gasteiger partial charge in [-0.1, -0.05) is 12.1 Å². The quantitative estimate of drug-likeness (QED) is 0.425. The van der Waals surface area contributed by atoms with Crippen LogP contribution in [-0.2, 0) is 32.0 Å². The number of alkyl carbamates (subject to hydrolysis) is 1. The standard InChI is InChI=1S/C29H43N3O7/c1-28(2,3)38-24(34)12-11-23(25(30)35)32-16-19-14-17(7-10-21(19)26(32)36)13-18-8-9-20(33)15-22(18)31-27(37)39-29(4,5)6/h7,10,14,18,20,22-23,33H,8-9,11-13,15-16H2,1-6H3,(H2,30,35)(H,31,37)/t18-,20+,22+,23+/m1/s1. The number of rotatable bonds is 8. The first-order valence-electron chi connectivity index (χ1n) is 13.6. The van der Waals surface area contributed by atoms with Gasteiger partial charge in [0, 0.05) is 24.6 Å². The Morgan fingerprint density at radius 1 is 1.10 bits per heavy atom. The first kappa shape index (κ1) is 30.4. The van der Waals surface area contributed by atoms with Crippen molar-refractivity contribution in [2.24, 2.45) is 11.7 Å². The zero-order valence-corrected chi connectivity index (χ0v) is 23.9. The van der Waals surface area contributed by atoms with Crippen LogP contribution in [0.15, 0.2) is 18.2 Å². The van der Waals surface area contributed by atoms with Gasteiger partial charge in [0.1, 0.15) is 17.2 Å². The number of aliphatic hydroxyl groups is 1. The fraction of sp³-hybridized carbons (Fsp3) is 0.655. The summed E-state index contributed by atoms with van der Waals surface area (Å²) in [5, 5.41) is 13.2. The molecule has 0 radical (unpaired) electrons. The molecule has 0 unspecified atom stereocenters. The van der Waals surface area contributed by atoms with Gasteiger partial charge in [0.2, 0.25) is 5.91 Å². The number of amides is 3. The lowest BCUT2D eigenvalue weighted by Gasteiger charge is -2.35. The minimum Gasteiger partial charge on any atom is -0.460 e. The molecule has 0 spiro atoms. The molecule has 10 nitrogen and oxygen atoms in total. The van der Waals surface area contributed by atoms with Crippen molar-refractivity contribution in [3.8, 4) is 0 Å². The zero-order valence-electron chi connectivity index (χ0n) is 23.9. The van der Waals surface area contributed by atoms with E-state index in [9.17, 15) is 24.3 Å². The molecule has 1 fully saturated rings. The highest BCUT2D eigenvalue weighted by Crippen LogP contribution is 2.32. The third-order valence-electron chi connectivity index (χ3n) is 6.91. The Morgan fingerprint density at radius 3 is 2.38 bits per heavy atom. The summed E-state index contributed by atoms with van der Waals surface area (Å²) in [6.07, 6.45) is 1.52. The summed E-state index contributed by atoms with van der Waals surface area (Å²) in [5.74, 6) is -1.33. The molecular formula is C29H43N3O7. The third kappa shape index (κ3) is 8.68. The van der Waals surface area contributed by atoms with E-state index in [1.54, 1.807) is 47.6 Å². The smallest absolute Gasteiger partial charge is 0.407 e. The third-order valence-corrected chi connectivity index (χ3v) is 6.91. The molecule has 0 saturated heterocycles. The Balaban J connectivity index is 1.69. The number of ether oxygens (including phenoxy) is 2. The minimum atomic E-state index is -0.928. The molecule has 1 heterocycles. The van der Waals surface area contributed by atoms with Crippen molar-refractivity contribution in [2.75, 3.05) is 0 Å². The van der Waals surface area contributed by atoms with Crippen molar-refractivity contribution in [2.45, 2.75) is 116 Å². The second-order valence-electron chi connectivity index (χ2n) is 12.7. The molecule has 1 aliphatic heterocycles. The zero-order chi connectivity index (χ0) is 29.1. The highest BCUT2D eigenvalue weighted by Gasteiger charge is 2.37. The van der Waals surface area contributed by atoms with E-state index in [0.717, 1.165) is 17.5 Å². The number of esters is 1. The molecule has 1 aromatic rings. The van der Waals surface area contributed by atoms with Crippen molar-refractivity contribution in [1.82, 2.24) is 10.2 Å². The number of carbonyl (C=O) groups is 4. The predicted molar refractivity (Wildman–Crippen MR) is 145 cm³/mol. The van der Waals surface area contributed by atoms with Gasteiger partial charge in [-0.3, -0.25) is 14.4 Å². The summed E-state index contributed by atoms with van der Waals surface area (Å²) in [7, 11) is 0. The van der Waals surface area contributed by atoms with Gasteiger partial charge in [-0.05, 0) is 96.8 Å². The fourth-order valence-corrected chi connectivity index (χ4v) is 5.27. The summed E-state index contributed by atoms with van der Waals surface area (Å²) >= 11 is 0. The molecule has 39 heavy (non-hydrogen) atoms. The Labute approximate surface area is 230 Å². The van der Waals surface area contributed by atoms with Crippen LogP contribution in [0.3, 0.4) is 0 Å². The SMILES string of the molecule is CC(C)(C)OC(=O)CC[C@@H](C(N)=O)N1Cc2cc(C[C@H]3CC[C@H](O)C[C@@H]3NC(=O)OC(C)(C)C)ccc2C1=O. The number of benzene rings is 1. The lowest BCUT2D eigenvalue weighted by molar-refractivity contribution is -0.155. The number of hydrogen-bond acceptors (Lipinski definition) is 7. The van der Waals surface area contributed by atoms with Crippen LogP contribution in [0.5, 0.6) is 0 Å². The first-order valence-corrected chi connectivity index (χ1v) is 13.6. The van der Waals surface area contributed by atoms with Gasteiger partial charge in [0.15, 0.2) is 0 Å². The van der Waals surface area contributed by atoms with Crippen molar-refractivity contribution in [3.05, 3.63) is 34.9 Å². The van der Waals surface area contributed by atoms with Crippen LogP contribution in [0.4, 0.5) is 4.79 Å². The number of nitrogens with two attached hydrogens (primary N) is 1. The molecule has 0 bridgehead atoms. The van der Waals surface area contributed by atoms with E-state index in [1.165, 1.54) is 4.90 Å². The van der Waals surface area contributed by atoms with Gasteiger partial charge in [0.25, 0.3) is 5.91 Å². The summed E-state index contributed by atoms with van der Waals surface area (Å²) in [4.78, 5) is 51.4. The van der Waals surface area contributed by atoms with E-state index in [2.05, 4.69) is 5.32 Å². The maximum atomic E-state index is 13.2. The van der Waals surface area contributed by atoms with E-state index in [1.807, 2.05) is 12.1 Å². The van der Waals surface area contributed by atoms with Crippen LogP contribution >= 0.6 is 0 Å². The number of primary amides is 1. The molecule has 1 saturated carbocycles. The molecule has 4 atom stereocenters. The van der Waals surface area contributed by atoms with Crippen molar-refractivity contribution < 1.29 is 33.8 Å². The molecule has 10 heteroatoms. The van der Waals surface area contributed by atoms with Crippen LogP contribution < -0.4 is 11.1 Å². The summed E-state index contributed by atoms with van der Waals surface area (Å²) in [5.41, 5.74) is 6.65. The number of carbonyl (C=O) groups excluding carboxylic acids is 4. The van der Waals surface area contributed by atoms with Gasteiger partial charge in [0.05, 0.1) is 6.10 Å². The number of fused-ring (bicyclic) bond motifs is 1. The Bertz CT molecular complexity index is 1090. The van der Waals surface area contributed by atoms with E-state index < -0.39 is 41.3 Å². The fourth-order valence-electron chi connectivity index (χ4n) is 5.27. The summed E-state index contributed by atoms with van der Waals surface area (Å²) in [6.45, 7) is 10.9. The van der Waals surface area contributed by atoms with Crippen LogP contribution in [0.25, 0.3) is 0 Å². The molecule has 0 aromatic heterocycles. The van der Waals surface area contributed by atoms with Gasteiger partial charge >= 0.3 is 12.1 Å². The lowest BCUT2D eigenvalue weighted by Crippen LogP contribution is -2.47. The number of nitrogens with one attached hydrogen (secondary N) is 1. The Kier molecular flexibility index (Phi) is 9.31. The van der Waals surface area contributed by atoms with Crippen LogP contribution in [0.2, 0.25) is 0 Å².